The molecular formula is C15H24O7. The van der Waals surface area contributed by atoms with Gasteiger partial charge in [0, 0.05) is 5.57 Å². The minimum Gasteiger partial charge on any atom is -0.463 e. The first-order chi connectivity index (χ1) is 10.3. The molecule has 7 heteroatoms. The minimum atomic E-state index is -1.13. The van der Waals surface area contributed by atoms with Crippen LogP contribution in [0, 0.1) is 0 Å². The highest BCUT2D eigenvalue weighted by atomic mass is 16.6. The van der Waals surface area contributed by atoms with Crippen LogP contribution in [-0.2, 0) is 28.6 Å². The van der Waals surface area contributed by atoms with Crippen molar-refractivity contribution in [2.75, 3.05) is 13.2 Å². The van der Waals surface area contributed by atoms with Crippen LogP contribution in [0.4, 0.5) is 0 Å². The van der Waals surface area contributed by atoms with Crippen molar-refractivity contribution in [3.8, 4) is 0 Å². The Bertz CT molecular complexity index is 403. The Labute approximate surface area is 130 Å². The molecule has 0 saturated carbocycles. The molecule has 0 amide bonds. The van der Waals surface area contributed by atoms with E-state index < -0.39 is 24.0 Å². The molecule has 0 saturated heterocycles. The van der Waals surface area contributed by atoms with Gasteiger partial charge in [-0.05, 0) is 20.3 Å². The monoisotopic (exact) mass is 316 g/mol. The molecule has 0 aromatic heterocycles. The van der Waals surface area contributed by atoms with Crippen LogP contribution < -0.4 is 0 Å². The van der Waals surface area contributed by atoms with Crippen molar-refractivity contribution in [3.63, 3.8) is 0 Å². The summed E-state index contributed by atoms with van der Waals surface area (Å²) in [6.45, 7) is 7.90. The average molecular weight is 316 g/mol. The fourth-order valence-electron chi connectivity index (χ4n) is 1.18. The van der Waals surface area contributed by atoms with E-state index in [-0.39, 0.29) is 37.7 Å². The Hall–Kier alpha value is -1.89. The molecule has 126 valence electrons. The van der Waals surface area contributed by atoms with Crippen LogP contribution in [0.25, 0.3) is 0 Å². The first-order valence-electron chi connectivity index (χ1n) is 7.12. The van der Waals surface area contributed by atoms with Crippen LogP contribution in [-0.4, -0.2) is 48.4 Å². The molecule has 2 atom stereocenters. The summed E-state index contributed by atoms with van der Waals surface area (Å²) in [5.41, 5.74) is 0.212. The van der Waals surface area contributed by atoms with E-state index in [2.05, 4.69) is 6.58 Å². The van der Waals surface area contributed by atoms with Gasteiger partial charge in [-0.3, -0.25) is 9.59 Å². The van der Waals surface area contributed by atoms with Crippen molar-refractivity contribution in [1.82, 2.24) is 0 Å². The van der Waals surface area contributed by atoms with Gasteiger partial charge in [0.25, 0.3) is 0 Å². The predicted octanol–water partition coefficient (Wildman–Crippen LogP) is 1.13. The van der Waals surface area contributed by atoms with E-state index in [1.807, 2.05) is 6.92 Å². The number of rotatable bonds is 10. The fourth-order valence-corrected chi connectivity index (χ4v) is 1.18. The molecule has 0 aliphatic rings. The lowest BCUT2D eigenvalue weighted by Gasteiger charge is -2.12. The van der Waals surface area contributed by atoms with Crippen LogP contribution in [0.3, 0.4) is 0 Å². The highest BCUT2D eigenvalue weighted by Crippen LogP contribution is 2.02. The maximum Gasteiger partial charge on any atom is 0.333 e. The summed E-state index contributed by atoms with van der Waals surface area (Å²) in [4.78, 5) is 33.8. The second-order valence-corrected chi connectivity index (χ2v) is 4.92. The molecule has 0 aliphatic carbocycles. The van der Waals surface area contributed by atoms with Crippen molar-refractivity contribution in [2.24, 2.45) is 0 Å². The number of carbonyl (C=O) groups is 3. The molecule has 7 nitrogen and oxygen atoms in total. The number of aliphatic hydroxyl groups is 1. The standard InChI is InChI=1S/C15H24O7/c1-5-11(4)22-14(18)7-6-13(17)20-8-12(16)9-21-15(19)10(2)3/h11-12,16H,2,5-9H2,1,3-4H3. The van der Waals surface area contributed by atoms with E-state index in [4.69, 9.17) is 14.2 Å². The van der Waals surface area contributed by atoms with Gasteiger partial charge in [-0.1, -0.05) is 13.5 Å². The molecule has 0 rings (SSSR count). The van der Waals surface area contributed by atoms with Crippen LogP contribution >= 0.6 is 0 Å². The maximum atomic E-state index is 11.4. The quantitative estimate of drug-likeness (QED) is 0.366. The van der Waals surface area contributed by atoms with Crippen molar-refractivity contribution >= 4 is 17.9 Å². The molecule has 0 spiro atoms. The minimum absolute atomic E-state index is 0.0795. The van der Waals surface area contributed by atoms with Crippen molar-refractivity contribution in [3.05, 3.63) is 12.2 Å². The van der Waals surface area contributed by atoms with Gasteiger partial charge in [0.2, 0.25) is 0 Å². The zero-order chi connectivity index (χ0) is 17.1. The van der Waals surface area contributed by atoms with Gasteiger partial charge in [-0.15, -0.1) is 0 Å². The predicted molar refractivity (Wildman–Crippen MR) is 77.8 cm³/mol. The number of hydrogen-bond acceptors (Lipinski definition) is 7. The zero-order valence-corrected chi connectivity index (χ0v) is 13.3. The van der Waals surface area contributed by atoms with Crippen molar-refractivity contribution < 1.29 is 33.7 Å². The van der Waals surface area contributed by atoms with Crippen molar-refractivity contribution in [2.45, 2.75) is 52.2 Å². The Morgan fingerprint density at radius 1 is 1.09 bits per heavy atom. The molecule has 1 N–H and O–H groups in total. The first-order valence-corrected chi connectivity index (χ1v) is 7.12. The summed E-state index contributed by atoms with van der Waals surface area (Å²) in [6, 6.07) is 0. The third-order valence-electron chi connectivity index (χ3n) is 2.63. The Balaban J connectivity index is 3.82. The highest BCUT2D eigenvalue weighted by molar-refractivity contribution is 5.86. The number of esters is 3. The summed E-state index contributed by atoms with van der Waals surface area (Å²) in [7, 11) is 0. The summed E-state index contributed by atoms with van der Waals surface area (Å²) in [5, 5.41) is 9.48. The number of ether oxygens (including phenoxy) is 3. The van der Waals surface area contributed by atoms with E-state index >= 15 is 0 Å². The van der Waals surface area contributed by atoms with Gasteiger partial charge in [0.05, 0.1) is 18.9 Å². The Morgan fingerprint density at radius 3 is 2.18 bits per heavy atom. The number of carbonyl (C=O) groups excluding carboxylic acids is 3. The van der Waals surface area contributed by atoms with Crippen molar-refractivity contribution in [1.29, 1.82) is 0 Å². The summed E-state index contributed by atoms with van der Waals surface area (Å²) < 4.78 is 14.5. The summed E-state index contributed by atoms with van der Waals surface area (Å²) in [6.07, 6.45) is -0.824. The smallest absolute Gasteiger partial charge is 0.333 e. The fraction of sp³-hybridized carbons (Fsp3) is 0.667. The van der Waals surface area contributed by atoms with E-state index in [0.717, 1.165) is 0 Å². The van der Waals surface area contributed by atoms with Gasteiger partial charge in [-0.2, -0.15) is 0 Å². The molecule has 0 bridgehead atoms. The molecule has 0 heterocycles. The van der Waals surface area contributed by atoms with Crippen LogP contribution in [0.1, 0.15) is 40.0 Å². The van der Waals surface area contributed by atoms with Gasteiger partial charge in [0.15, 0.2) is 0 Å². The topological polar surface area (TPSA) is 99.1 Å². The zero-order valence-electron chi connectivity index (χ0n) is 13.3. The highest BCUT2D eigenvalue weighted by Gasteiger charge is 2.14. The molecule has 0 aliphatic heterocycles. The molecule has 0 aromatic rings. The van der Waals surface area contributed by atoms with Crippen LogP contribution in [0.5, 0.6) is 0 Å². The van der Waals surface area contributed by atoms with Crippen LogP contribution in [0.15, 0.2) is 12.2 Å². The third kappa shape index (κ3) is 9.93. The second-order valence-electron chi connectivity index (χ2n) is 4.92. The second kappa shape index (κ2) is 10.8. The molecule has 0 fully saturated rings. The lowest BCUT2D eigenvalue weighted by molar-refractivity contribution is -0.155. The molecule has 2 unspecified atom stereocenters. The van der Waals surface area contributed by atoms with E-state index in [9.17, 15) is 19.5 Å². The molecular weight excluding hydrogens is 292 g/mol. The van der Waals surface area contributed by atoms with Gasteiger partial charge < -0.3 is 19.3 Å². The first kappa shape index (κ1) is 20.1. The SMILES string of the molecule is C=C(C)C(=O)OCC(O)COC(=O)CCC(=O)OC(C)CC. The lowest BCUT2D eigenvalue weighted by atomic mass is 10.3. The Kier molecular flexibility index (Phi) is 9.86. The van der Waals surface area contributed by atoms with E-state index in [1.54, 1.807) is 6.92 Å². The average Bonchev–Trinajstić information content (AvgIpc) is 2.47. The molecule has 0 aromatic carbocycles. The van der Waals surface area contributed by atoms with Crippen LogP contribution in [0.2, 0.25) is 0 Å². The number of aliphatic hydroxyl groups excluding tert-OH is 1. The van der Waals surface area contributed by atoms with Gasteiger partial charge in [-0.25, -0.2) is 4.79 Å². The lowest BCUT2D eigenvalue weighted by Crippen LogP contribution is -2.25. The normalized spacial score (nSPS) is 12.9. The molecule has 0 radical (unpaired) electrons. The summed E-state index contributed by atoms with van der Waals surface area (Å²) in [5.74, 6) is -1.73. The van der Waals surface area contributed by atoms with E-state index in [1.165, 1.54) is 6.92 Å². The number of hydrogen-bond donors (Lipinski definition) is 1. The summed E-state index contributed by atoms with van der Waals surface area (Å²) >= 11 is 0. The van der Waals surface area contributed by atoms with Gasteiger partial charge >= 0.3 is 17.9 Å². The Morgan fingerprint density at radius 2 is 1.64 bits per heavy atom. The largest absolute Gasteiger partial charge is 0.463 e. The van der Waals surface area contributed by atoms with E-state index in [0.29, 0.717) is 6.42 Å². The van der Waals surface area contributed by atoms with Gasteiger partial charge in [0.1, 0.15) is 19.3 Å². The maximum absolute atomic E-state index is 11.4. The third-order valence-corrected chi connectivity index (χ3v) is 2.63. The molecule has 22 heavy (non-hydrogen) atoms.